The average molecular weight is 235 g/mol. The highest BCUT2D eigenvalue weighted by Gasteiger charge is 2.11. The Kier molecular flexibility index (Phi) is 5.01. The molecule has 0 heterocycles. The predicted molar refractivity (Wildman–Crippen MR) is 70.4 cm³/mol. The number of unbranched alkanes of at least 4 members (excludes halogenated alkanes) is 3. The first kappa shape index (κ1) is 13.6. The van der Waals surface area contributed by atoms with E-state index in [1.165, 1.54) is 19.3 Å². The summed E-state index contributed by atoms with van der Waals surface area (Å²) < 4.78 is 0. The molecule has 0 aliphatic carbocycles. The second-order valence-electron chi connectivity index (χ2n) is 4.43. The summed E-state index contributed by atoms with van der Waals surface area (Å²) in [7, 11) is 0. The first-order valence-electron chi connectivity index (χ1n) is 6.19. The normalized spacial score (nSPS) is 10.5. The van der Waals surface area contributed by atoms with Crippen molar-refractivity contribution in [3.8, 4) is 0 Å². The van der Waals surface area contributed by atoms with Gasteiger partial charge in [0.15, 0.2) is 0 Å². The van der Waals surface area contributed by atoms with Gasteiger partial charge in [0.05, 0.1) is 5.56 Å². The molecular formula is C14H21NO2. The van der Waals surface area contributed by atoms with Gasteiger partial charge in [-0.25, -0.2) is 4.79 Å². The number of carboxylic acids is 1. The van der Waals surface area contributed by atoms with Crippen LogP contribution in [0.25, 0.3) is 0 Å². The van der Waals surface area contributed by atoms with Gasteiger partial charge in [-0.05, 0) is 37.0 Å². The Morgan fingerprint density at radius 3 is 2.59 bits per heavy atom. The van der Waals surface area contributed by atoms with E-state index in [4.69, 9.17) is 10.8 Å². The summed E-state index contributed by atoms with van der Waals surface area (Å²) in [5.41, 5.74) is 8.68. The van der Waals surface area contributed by atoms with Crippen molar-refractivity contribution in [1.29, 1.82) is 0 Å². The van der Waals surface area contributed by atoms with Crippen molar-refractivity contribution in [2.45, 2.75) is 46.0 Å². The standard InChI is InChI=1S/C14H21NO2/c1-3-4-5-6-7-11-8-9-12(14(16)17)10(2)13(11)15/h8-9H,3-7,15H2,1-2H3,(H,16,17). The van der Waals surface area contributed by atoms with Crippen LogP contribution in [0.5, 0.6) is 0 Å². The second-order valence-corrected chi connectivity index (χ2v) is 4.43. The highest BCUT2D eigenvalue weighted by molar-refractivity contribution is 5.91. The lowest BCUT2D eigenvalue weighted by Crippen LogP contribution is -2.05. The summed E-state index contributed by atoms with van der Waals surface area (Å²) >= 11 is 0. The second kappa shape index (κ2) is 6.28. The Labute approximate surface area is 103 Å². The number of hydrogen-bond acceptors (Lipinski definition) is 2. The van der Waals surface area contributed by atoms with Crippen LogP contribution in [0.2, 0.25) is 0 Å². The number of carbonyl (C=O) groups is 1. The molecule has 0 aliphatic rings. The third kappa shape index (κ3) is 3.48. The molecule has 3 N–H and O–H groups in total. The molecule has 0 radical (unpaired) electrons. The molecule has 0 aromatic heterocycles. The fourth-order valence-corrected chi connectivity index (χ4v) is 1.98. The highest BCUT2D eigenvalue weighted by Crippen LogP contribution is 2.23. The van der Waals surface area contributed by atoms with Crippen molar-refractivity contribution in [3.05, 3.63) is 28.8 Å². The number of hydrogen-bond donors (Lipinski definition) is 2. The molecule has 3 nitrogen and oxygen atoms in total. The monoisotopic (exact) mass is 235 g/mol. The number of nitrogens with two attached hydrogens (primary N) is 1. The van der Waals surface area contributed by atoms with Crippen molar-refractivity contribution in [2.75, 3.05) is 5.73 Å². The Morgan fingerprint density at radius 2 is 2.00 bits per heavy atom. The maximum atomic E-state index is 10.9. The quantitative estimate of drug-likeness (QED) is 0.586. The van der Waals surface area contributed by atoms with Crippen molar-refractivity contribution in [1.82, 2.24) is 0 Å². The first-order chi connectivity index (χ1) is 8.07. The predicted octanol–water partition coefficient (Wildman–Crippen LogP) is 3.40. The number of carboxylic acid groups (broad SMARTS) is 1. The third-order valence-corrected chi connectivity index (χ3v) is 3.14. The van der Waals surface area contributed by atoms with Crippen LogP contribution in [0.3, 0.4) is 0 Å². The maximum Gasteiger partial charge on any atom is 0.336 e. The molecule has 0 amide bonds. The van der Waals surface area contributed by atoms with Gasteiger partial charge in [-0.1, -0.05) is 32.3 Å². The summed E-state index contributed by atoms with van der Waals surface area (Å²) in [6, 6.07) is 3.50. The smallest absolute Gasteiger partial charge is 0.336 e. The van der Waals surface area contributed by atoms with Gasteiger partial charge in [0.25, 0.3) is 0 Å². The number of anilines is 1. The lowest BCUT2D eigenvalue weighted by Gasteiger charge is -2.10. The van der Waals surface area contributed by atoms with E-state index < -0.39 is 5.97 Å². The molecule has 3 heteroatoms. The summed E-state index contributed by atoms with van der Waals surface area (Å²) in [6.07, 6.45) is 5.71. The van der Waals surface area contributed by atoms with E-state index in [1.807, 2.05) is 6.07 Å². The maximum absolute atomic E-state index is 10.9. The SMILES string of the molecule is CCCCCCc1ccc(C(=O)O)c(C)c1N. The number of nitrogen functional groups attached to an aromatic ring is 1. The zero-order chi connectivity index (χ0) is 12.8. The Hall–Kier alpha value is -1.51. The van der Waals surface area contributed by atoms with Gasteiger partial charge in [-0.3, -0.25) is 0 Å². The Balaban J connectivity index is 2.75. The molecule has 0 unspecified atom stereocenters. The van der Waals surface area contributed by atoms with Crippen LogP contribution in [-0.2, 0) is 6.42 Å². The van der Waals surface area contributed by atoms with Gasteiger partial charge in [0, 0.05) is 5.69 Å². The molecule has 0 saturated heterocycles. The van der Waals surface area contributed by atoms with Crippen LogP contribution in [0, 0.1) is 6.92 Å². The molecule has 1 aromatic rings. The molecule has 1 rings (SSSR count). The number of aryl methyl sites for hydroxylation is 1. The minimum atomic E-state index is -0.910. The van der Waals surface area contributed by atoms with Crippen molar-refractivity contribution in [3.63, 3.8) is 0 Å². The molecular weight excluding hydrogens is 214 g/mol. The van der Waals surface area contributed by atoms with Crippen LogP contribution in [-0.4, -0.2) is 11.1 Å². The van der Waals surface area contributed by atoms with E-state index in [2.05, 4.69) is 6.92 Å². The van der Waals surface area contributed by atoms with Crippen molar-refractivity contribution >= 4 is 11.7 Å². The molecule has 0 bridgehead atoms. The lowest BCUT2D eigenvalue weighted by molar-refractivity contribution is 0.0696. The summed E-state index contributed by atoms with van der Waals surface area (Å²) in [5, 5.41) is 8.97. The van der Waals surface area contributed by atoms with Gasteiger partial charge in [0.1, 0.15) is 0 Å². The van der Waals surface area contributed by atoms with Crippen LogP contribution < -0.4 is 5.73 Å². The van der Waals surface area contributed by atoms with Crippen LogP contribution in [0.15, 0.2) is 12.1 Å². The van der Waals surface area contributed by atoms with Gasteiger partial charge in [0.2, 0.25) is 0 Å². The van der Waals surface area contributed by atoms with Crippen molar-refractivity contribution in [2.24, 2.45) is 0 Å². The number of benzene rings is 1. The van der Waals surface area contributed by atoms with Crippen molar-refractivity contribution < 1.29 is 9.90 Å². The largest absolute Gasteiger partial charge is 0.478 e. The van der Waals surface area contributed by atoms with E-state index >= 15 is 0 Å². The molecule has 0 atom stereocenters. The minimum absolute atomic E-state index is 0.305. The minimum Gasteiger partial charge on any atom is -0.478 e. The number of rotatable bonds is 6. The topological polar surface area (TPSA) is 63.3 Å². The van der Waals surface area contributed by atoms with Gasteiger partial charge < -0.3 is 10.8 Å². The van der Waals surface area contributed by atoms with Gasteiger partial charge in [-0.15, -0.1) is 0 Å². The fourth-order valence-electron chi connectivity index (χ4n) is 1.98. The van der Waals surface area contributed by atoms with Crippen LogP contribution >= 0.6 is 0 Å². The van der Waals surface area contributed by atoms with Gasteiger partial charge in [-0.2, -0.15) is 0 Å². The van der Waals surface area contributed by atoms with E-state index in [0.29, 0.717) is 16.8 Å². The Morgan fingerprint density at radius 1 is 1.29 bits per heavy atom. The third-order valence-electron chi connectivity index (χ3n) is 3.14. The fraction of sp³-hybridized carbons (Fsp3) is 0.500. The van der Waals surface area contributed by atoms with Crippen LogP contribution in [0.1, 0.15) is 54.1 Å². The molecule has 94 valence electrons. The van der Waals surface area contributed by atoms with E-state index in [9.17, 15) is 4.79 Å². The lowest BCUT2D eigenvalue weighted by atomic mass is 9.98. The van der Waals surface area contributed by atoms with Crippen LogP contribution in [0.4, 0.5) is 5.69 Å². The molecule has 0 spiro atoms. The molecule has 0 fully saturated rings. The van der Waals surface area contributed by atoms with E-state index in [-0.39, 0.29) is 0 Å². The zero-order valence-corrected chi connectivity index (χ0v) is 10.6. The van der Waals surface area contributed by atoms with Gasteiger partial charge >= 0.3 is 5.97 Å². The van der Waals surface area contributed by atoms with E-state index in [1.54, 1.807) is 13.0 Å². The molecule has 17 heavy (non-hydrogen) atoms. The Bertz CT molecular complexity index is 399. The summed E-state index contributed by atoms with van der Waals surface area (Å²) in [6.45, 7) is 3.95. The molecule has 0 saturated carbocycles. The summed E-state index contributed by atoms with van der Waals surface area (Å²) in [5.74, 6) is -0.910. The van der Waals surface area contributed by atoms with E-state index in [0.717, 1.165) is 18.4 Å². The molecule has 1 aromatic carbocycles. The molecule has 0 aliphatic heterocycles. The average Bonchev–Trinajstić information content (AvgIpc) is 2.29. The number of aromatic carboxylic acids is 1. The first-order valence-corrected chi connectivity index (χ1v) is 6.19. The zero-order valence-electron chi connectivity index (χ0n) is 10.6. The highest BCUT2D eigenvalue weighted by atomic mass is 16.4. The summed E-state index contributed by atoms with van der Waals surface area (Å²) in [4.78, 5) is 10.9.